The average Bonchev–Trinajstić information content (AvgIpc) is 2.97. The molecule has 5 N–H and O–H groups in total. The van der Waals surface area contributed by atoms with Crippen LogP contribution in [0.15, 0.2) is 54.6 Å². The largest absolute Gasteiger partial charge is 0.481 e. The molecule has 2 aromatic rings. The summed E-state index contributed by atoms with van der Waals surface area (Å²) < 4.78 is 0. The van der Waals surface area contributed by atoms with Crippen LogP contribution in [0.1, 0.15) is 43.0 Å². The van der Waals surface area contributed by atoms with Crippen molar-refractivity contribution in [3.8, 4) is 0 Å². The summed E-state index contributed by atoms with van der Waals surface area (Å²) in [7, 11) is 0. The van der Waals surface area contributed by atoms with E-state index < -0.39 is 41.8 Å². The van der Waals surface area contributed by atoms with Gasteiger partial charge in [-0.2, -0.15) is 5.01 Å². The van der Waals surface area contributed by atoms with Crippen molar-refractivity contribution in [2.75, 3.05) is 0 Å². The molecular formula is C22H24ClN5O5. The summed E-state index contributed by atoms with van der Waals surface area (Å²) in [6.07, 6.45) is -0.509. The summed E-state index contributed by atoms with van der Waals surface area (Å²) in [6.45, 7) is 2.65. The van der Waals surface area contributed by atoms with Gasteiger partial charge < -0.3 is 16.2 Å². The van der Waals surface area contributed by atoms with E-state index in [9.17, 15) is 24.3 Å². The Balaban J connectivity index is 0.00000385. The van der Waals surface area contributed by atoms with Gasteiger partial charge in [-0.15, -0.1) is 12.4 Å². The zero-order chi connectivity index (χ0) is 23.6. The van der Waals surface area contributed by atoms with Crippen molar-refractivity contribution < 1.29 is 24.3 Å². The van der Waals surface area contributed by atoms with Gasteiger partial charge in [0.05, 0.1) is 12.5 Å². The number of rotatable bonds is 7. The fourth-order valence-corrected chi connectivity index (χ4v) is 3.68. The van der Waals surface area contributed by atoms with Gasteiger partial charge in [0.15, 0.2) is 0 Å². The average molecular weight is 474 g/mol. The molecule has 1 aliphatic heterocycles. The monoisotopic (exact) mass is 473 g/mol. The van der Waals surface area contributed by atoms with Gasteiger partial charge in [-0.05, 0) is 18.1 Å². The molecule has 1 heterocycles. The number of nitrogens with zero attached hydrogens (tertiary/aromatic N) is 2. The summed E-state index contributed by atoms with van der Waals surface area (Å²) >= 11 is 0. The van der Waals surface area contributed by atoms with Crippen LogP contribution in [0.25, 0.3) is 0 Å². The van der Waals surface area contributed by atoms with Gasteiger partial charge >= 0.3 is 12.0 Å². The predicted molar refractivity (Wildman–Crippen MR) is 121 cm³/mol. The molecule has 0 spiro atoms. The number of nitrogens with two attached hydrogens (primary N) is 1. The standard InChI is InChI=1S/C22H23N5O5.ClH/c1-13(28)26(17(12-18(29)30)14-6-4-3-5-7-14)27-20(31)22(2,25-21(27)32)16-10-8-15(9-11-16)19(23)24;/h3-11,17H,12H2,1-2H3,(H3,23,24)(H,25,32)(H,29,30);1H/t17-,22+;/m0./s1. The third-order valence-corrected chi connectivity index (χ3v) is 5.33. The summed E-state index contributed by atoms with van der Waals surface area (Å²) in [5, 5.41) is 21.1. The number of nitrogen functional groups attached to an aromatic ring is 1. The van der Waals surface area contributed by atoms with Gasteiger partial charge in [-0.1, -0.05) is 54.6 Å². The number of benzene rings is 2. The Morgan fingerprint density at radius 3 is 2.21 bits per heavy atom. The van der Waals surface area contributed by atoms with E-state index in [4.69, 9.17) is 11.1 Å². The van der Waals surface area contributed by atoms with Gasteiger partial charge in [0.2, 0.25) is 5.91 Å². The Morgan fingerprint density at radius 1 is 1.15 bits per heavy atom. The number of imide groups is 1. The van der Waals surface area contributed by atoms with Gasteiger partial charge in [-0.25, -0.2) is 9.80 Å². The lowest BCUT2D eigenvalue weighted by molar-refractivity contribution is -0.162. The van der Waals surface area contributed by atoms with E-state index in [-0.39, 0.29) is 18.2 Å². The number of hydrogen-bond acceptors (Lipinski definition) is 5. The molecule has 0 radical (unpaired) electrons. The maximum absolute atomic E-state index is 13.5. The van der Waals surface area contributed by atoms with E-state index in [1.54, 1.807) is 54.6 Å². The summed E-state index contributed by atoms with van der Waals surface area (Å²) in [4.78, 5) is 50.5. The van der Waals surface area contributed by atoms with Crippen LogP contribution in [0, 0.1) is 5.41 Å². The number of carboxylic acid groups (broad SMARTS) is 1. The number of halogens is 1. The van der Waals surface area contributed by atoms with Crippen LogP contribution in [0.5, 0.6) is 0 Å². The van der Waals surface area contributed by atoms with E-state index in [2.05, 4.69) is 5.32 Å². The number of carbonyl (C=O) groups is 4. The van der Waals surface area contributed by atoms with Crippen molar-refractivity contribution in [2.24, 2.45) is 5.73 Å². The molecule has 0 bridgehead atoms. The van der Waals surface area contributed by atoms with E-state index >= 15 is 0 Å². The third kappa shape index (κ3) is 4.80. The first kappa shape index (κ1) is 25.3. The van der Waals surface area contributed by atoms with Gasteiger partial charge in [0, 0.05) is 12.5 Å². The molecule has 1 saturated heterocycles. The molecule has 3 rings (SSSR count). The first-order chi connectivity index (χ1) is 15.1. The topological polar surface area (TPSA) is 157 Å². The summed E-state index contributed by atoms with van der Waals surface area (Å²) in [5.74, 6) is -2.74. The zero-order valence-corrected chi connectivity index (χ0v) is 18.8. The number of carboxylic acids is 1. The molecule has 2 atom stereocenters. The predicted octanol–water partition coefficient (Wildman–Crippen LogP) is 2.14. The molecular weight excluding hydrogens is 450 g/mol. The number of hydrazine groups is 1. The van der Waals surface area contributed by atoms with Gasteiger partial charge in [0.1, 0.15) is 11.4 Å². The highest BCUT2D eigenvalue weighted by Gasteiger charge is 2.53. The smallest absolute Gasteiger partial charge is 0.344 e. The Hall–Kier alpha value is -3.92. The maximum Gasteiger partial charge on any atom is 0.344 e. The second-order valence-corrected chi connectivity index (χ2v) is 7.55. The van der Waals surface area contributed by atoms with Crippen LogP contribution < -0.4 is 11.1 Å². The molecule has 0 unspecified atom stereocenters. The van der Waals surface area contributed by atoms with Crippen molar-refractivity contribution in [3.63, 3.8) is 0 Å². The van der Waals surface area contributed by atoms with E-state index in [0.29, 0.717) is 21.7 Å². The number of carbonyl (C=O) groups excluding carboxylic acids is 3. The lowest BCUT2D eigenvalue weighted by atomic mass is 9.91. The number of nitrogens with one attached hydrogen (secondary N) is 2. The second kappa shape index (κ2) is 9.70. The van der Waals surface area contributed by atoms with E-state index in [1.807, 2.05) is 0 Å². The number of amides is 4. The number of hydrogen-bond donors (Lipinski definition) is 4. The fourth-order valence-electron chi connectivity index (χ4n) is 3.68. The summed E-state index contributed by atoms with van der Waals surface area (Å²) in [6, 6.07) is 12.6. The third-order valence-electron chi connectivity index (χ3n) is 5.33. The van der Waals surface area contributed by atoms with Crippen LogP contribution in [-0.2, 0) is 19.9 Å². The molecule has 33 heavy (non-hydrogen) atoms. The SMILES string of the molecule is CC(=O)N([C@@H](CC(=O)O)c1ccccc1)N1C(=O)N[C@](C)(c2ccc(C(=N)N)cc2)C1=O.Cl. The highest BCUT2D eigenvalue weighted by molar-refractivity contribution is 6.08. The van der Waals surface area contributed by atoms with Crippen molar-refractivity contribution in [2.45, 2.75) is 31.8 Å². The first-order valence-electron chi connectivity index (χ1n) is 9.74. The highest BCUT2D eigenvalue weighted by Crippen LogP contribution is 2.34. The minimum absolute atomic E-state index is 0. The van der Waals surface area contributed by atoms with E-state index in [1.165, 1.54) is 6.92 Å². The maximum atomic E-state index is 13.5. The van der Waals surface area contributed by atoms with Crippen LogP contribution in [-0.4, -0.2) is 44.8 Å². The fraction of sp³-hybridized carbons (Fsp3) is 0.227. The second-order valence-electron chi connectivity index (χ2n) is 7.55. The highest BCUT2D eigenvalue weighted by atomic mass is 35.5. The van der Waals surface area contributed by atoms with E-state index in [0.717, 1.165) is 11.9 Å². The molecule has 4 amide bonds. The summed E-state index contributed by atoms with van der Waals surface area (Å²) in [5.41, 5.74) is 5.29. The Bertz CT molecular complexity index is 1090. The Labute approximate surface area is 196 Å². The normalized spacial score (nSPS) is 18.2. The lowest BCUT2D eigenvalue weighted by Crippen LogP contribution is -2.52. The number of urea groups is 1. The number of aliphatic carboxylic acids is 1. The molecule has 0 aromatic heterocycles. The molecule has 2 aromatic carbocycles. The van der Waals surface area contributed by atoms with Crippen molar-refractivity contribution in [1.82, 2.24) is 15.3 Å². The Kier molecular flexibility index (Phi) is 7.45. The minimum Gasteiger partial charge on any atom is -0.481 e. The number of amidine groups is 1. The quantitative estimate of drug-likeness (QED) is 0.274. The van der Waals surface area contributed by atoms with Crippen LogP contribution >= 0.6 is 12.4 Å². The zero-order valence-electron chi connectivity index (χ0n) is 17.9. The molecule has 1 fully saturated rings. The molecule has 0 aliphatic carbocycles. The van der Waals surface area contributed by atoms with Crippen LogP contribution in [0.2, 0.25) is 0 Å². The minimum atomic E-state index is -1.51. The molecule has 0 saturated carbocycles. The molecule has 11 heteroatoms. The van der Waals surface area contributed by atoms with Crippen molar-refractivity contribution in [1.29, 1.82) is 5.41 Å². The molecule has 174 valence electrons. The van der Waals surface area contributed by atoms with Gasteiger partial charge in [0.25, 0.3) is 5.91 Å². The lowest BCUT2D eigenvalue weighted by Gasteiger charge is -2.35. The van der Waals surface area contributed by atoms with Crippen molar-refractivity contribution >= 4 is 42.1 Å². The van der Waals surface area contributed by atoms with Crippen molar-refractivity contribution in [3.05, 3.63) is 71.3 Å². The van der Waals surface area contributed by atoms with Gasteiger partial charge in [-0.3, -0.25) is 19.8 Å². The Morgan fingerprint density at radius 2 is 1.73 bits per heavy atom. The van der Waals surface area contributed by atoms with Crippen LogP contribution in [0.3, 0.4) is 0 Å². The van der Waals surface area contributed by atoms with Crippen LogP contribution in [0.4, 0.5) is 4.79 Å². The first-order valence-corrected chi connectivity index (χ1v) is 9.74. The molecule has 1 aliphatic rings. The molecule has 10 nitrogen and oxygen atoms in total.